The molecule has 0 aliphatic carbocycles. The number of nitrogens with two attached hydrogens (primary N) is 1. The van der Waals surface area contributed by atoms with E-state index in [1.165, 1.54) is 10.2 Å². The summed E-state index contributed by atoms with van der Waals surface area (Å²) in [4.78, 5) is 11.4. The molecule has 4 heterocycles. The van der Waals surface area contributed by atoms with Crippen LogP contribution in [0.25, 0.3) is 22.1 Å². The molecule has 1 aromatic carbocycles. The van der Waals surface area contributed by atoms with Crippen molar-refractivity contribution in [3.05, 3.63) is 54.6 Å². The number of imidazole rings is 1. The monoisotopic (exact) mass is 470 g/mol. The number of nitrogens with zero attached hydrogens (tertiary/aromatic N) is 5. The first-order chi connectivity index (χ1) is 16.0. The molecule has 8 nitrogen and oxygen atoms in total. The Morgan fingerprint density at radius 3 is 2.70 bits per heavy atom. The molecule has 33 heavy (non-hydrogen) atoms. The van der Waals surface area contributed by atoms with Crippen molar-refractivity contribution in [3.63, 3.8) is 0 Å². The largest absolute Gasteiger partial charge is 0.330 e. The molecule has 0 saturated carbocycles. The summed E-state index contributed by atoms with van der Waals surface area (Å²) in [7, 11) is -3.83. The number of alkyl halides is 1. The molecule has 1 saturated heterocycles. The molecule has 2 N–H and O–H groups in total. The van der Waals surface area contributed by atoms with Crippen LogP contribution in [-0.2, 0) is 16.4 Å². The molecule has 0 unspecified atom stereocenters. The zero-order valence-electron chi connectivity index (χ0n) is 18.4. The van der Waals surface area contributed by atoms with Crippen molar-refractivity contribution in [1.82, 2.24) is 23.4 Å². The van der Waals surface area contributed by atoms with Gasteiger partial charge >= 0.3 is 0 Å². The molecule has 1 aliphatic heterocycles. The minimum atomic E-state index is -3.83. The number of hydrogen-bond acceptors (Lipinski definition) is 6. The van der Waals surface area contributed by atoms with Gasteiger partial charge in [-0.3, -0.25) is 0 Å². The molecule has 174 valence electrons. The van der Waals surface area contributed by atoms with E-state index in [9.17, 15) is 8.42 Å². The molecule has 10 heteroatoms. The molecule has 1 fully saturated rings. The highest BCUT2D eigenvalue weighted by atomic mass is 32.2. The second kappa shape index (κ2) is 8.51. The number of likely N-dealkylation sites (tertiary alicyclic amines) is 1. The van der Waals surface area contributed by atoms with Gasteiger partial charge in [-0.15, -0.1) is 0 Å². The maximum atomic E-state index is 15.4. The van der Waals surface area contributed by atoms with E-state index in [-0.39, 0.29) is 10.9 Å². The van der Waals surface area contributed by atoms with Crippen molar-refractivity contribution in [3.8, 4) is 0 Å². The highest BCUT2D eigenvalue weighted by Crippen LogP contribution is 2.35. The van der Waals surface area contributed by atoms with Crippen LogP contribution in [-0.4, -0.2) is 64.2 Å². The van der Waals surface area contributed by atoms with E-state index in [4.69, 9.17) is 10.7 Å². The predicted octanol–water partition coefficient (Wildman–Crippen LogP) is 2.73. The quantitative estimate of drug-likeness (QED) is 0.465. The fraction of sp³-hybridized carbons (Fsp3) is 0.391. The van der Waals surface area contributed by atoms with Gasteiger partial charge in [0.2, 0.25) is 0 Å². The summed E-state index contributed by atoms with van der Waals surface area (Å²) in [5, 5.41) is 0.632. The normalized spacial score (nSPS) is 20.1. The van der Waals surface area contributed by atoms with Gasteiger partial charge < -0.3 is 15.2 Å². The van der Waals surface area contributed by atoms with Crippen LogP contribution >= 0.6 is 0 Å². The van der Waals surface area contributed by atoms with E-state index >= 15 is 4.39 Å². The standard InChI is InChI=1S/C23H27FN6O2S/c1-2-28-12-10-20(18(24)15-28)30-21(8-11-25)27-19-14-26-23-17(22(19)30)9-13-29(23)33(31,32)16-6-4-3-5-7-16/h3-7,9,13-14,18,20H,2,8,10-12,15,25H2,1H3/t18-,20+/m0/s1. The first kappa shape index (κ1) is 22.0. The van der Waals surface area contributed by atoms with E-state index in [1.54, 1.807) is 42.6 Å². The van der Waals surface area contributed by atoms with Gasteiger partial charge in [-0.25, -0.2) is 26.7 Å². The maximum Gasteiger partial charge on any atom is 0.269 e. The lowest BCUT2D eigenvalue weighted by molar-refractivity contribution is 0.0939. The molecule has 0 bridgehead atoms. The van der Waals surface area contributed by atoms with Crippen LogP contribution < -0.4 is 5.73 Å². The lowest BCUT2D eigenvalue weighted by Gasteiger charge is -2.35. The maximum absolute atomic E-state index is 15.4. The van der Waals surface area contributed by atoms with Gasteiger partial charge in [0.25, 0.3) is 10.0 Å². The van der Waals surface area contributed by atoms with Crippen LogP contribution in [0.2, 0.25) is 0 Å². The average Bonchev–Trinajstić information content (AvgIpc) is 3.41. The highest BCUT2D eigenvalue weighted by Gasteiger charge is 2.33. The minimum Gasteiger partial charge on any atom is -0.330 e. The van der Waals surface area contributed by atoms with Crippen LogP contribution in [0.4, 0.5) is 4.39 Å². The van der Waals surface area contributed by atoms with E-state index in [1.807, 2.05) is 11.5 Å². The SMILES string of the molecule is CCN1CC[C@@H](n2c(CCN)nc3cnc4c(ccn4S(=O)(=O)c4ccccc4)c32)[C@@H](F)C1. The fourth-order valence-electron chi connectivity index (χ4n) is 4.79. The third-order valence-corrected chi connectivity index (χ3v) is 8.12. The number of rotatable bonds is 6. The summed E-state index contributed by atoms with van der Waals surface area (Å²) in [6.07, 6.45) is 3.15. The van der Waals surface area contributed by atoms with Gasteiger partial charge in [0.05, 0.1) is 22.7 Å². The summed E-state index contributed by atoms with van der Waals surface area (Å²) < 4.78 is 45.1. The number of aromatic nitrogens is 4. The Balaban J connectivity index is 1.71. The molecule has 4 aromatic rings. The number of fused-ring (bicyclic) bond motifs is 3. The highest BCUT2D eigenvalue weighted by molar-refractivity contribution is 7.90. The predicted molar refractivity (Wildman–Crippen MR) is 125 cm³/mol. The third-order valence-electron chi connectivity index (χ3n) is 6.44. The lowest BCUT2D eigenvalue weighted by atomic mass is 10.0. The van der Waals surface area contributed by atoms with E-state index in [2.05, 4.69) is 9.88 Å². The van der Waals surface area contributed by atoms with Crippen LogP contribution in [0.15, 0.2) is 53.7 Å². The summed E-state index contributed by atoms with van der Waals surface area (Å²) in [6, 6.07) is 9.58. The van der Waals surface area contributed by atoms with Crippen LogP contribution in [0.3, 0.4) is 0 Å². The van der Waals surface area contributed by atoms with E-state index in [0.717, 1.165) is 13.1 Å². The van der Waals surface area contributed by atoms with E-state index in [0.29, 0.717) is 53.8 Å². The number of halogens is 1. The molecule has 2 atom stereocenters. The zero-order chi connectivity index (χ0) is 23.2. The van der Waals surface area contributed by atoms with E-state index < -0.39 is 16.2 Å². The van der Waals surface area contributed by atoms with Gasteiger partial charge in [0, 0.05) is 31.1 Å². The number of benzene rings is 1. The second-order valence-corrected chi connectivity index (χ2v) is 10.2. The first-order valence-electron chi connectivity index (χ1n) is 11.2. The van der Waals surface area contributed by atoms with Gasteiger partial charge in [0.1, 0.15) is 17.5 Å². The first-order valence-corrected chi connectivity index (χ1v) is 12.6. The molecular weight excluding hydrogens is 443 g/mol. The lowest BCUT2D eigenvalue weighted by Crippen LogP contribution is -2.42. The van der Waals surface area contributed by atoms with Crippen molar-refractivity contribution in [2.45, 2.75) is 36.9 Å². The Morgan fingerprint density at radius 1 is 1.21 bits per heavy atom. The van der Waals surface area contributed by atoms with Gasteiger partial charge in [0.15, 0.2) is 5.65 Å². The Kier molecular flexibility index (Phi) is 5.67. The summed E-state index contributed by atoms with van der Waals surface area (Å²) in [5.41, 5.74) is 7.47. The van der Waals surface area contributed by atoms with Gasteiger partial charge in [-0.2, -0.15) is 0 Å². The van der Waals surface area contributed by atoms with Crippen molar-refractivity contribution in [1.29, 1.82) is 0 Å². The third kappa shape index (κ3) is 3.62. The van der Waals surface area contributed by atoms with Crippen molar-refractivity contribution >= 4 is 32.1 Å². The Hall–Kier alpha value is -2.82. The number of hydrogen-bond donors (Lipinski definition) is 1. The molecule has 0 amide bonds. The van der Waals surface area contributed by atoms with Crippen LogP contribution in [0.5, 0.6) is 0 Å². The minimum absolute atomic E-state index is 0.178. The Bertz CT molecular complexity index is 1400. The second-order valence-electron chi connectivity index (χ2n) is 8.36. The molecule has 1 aliphatic rings. The zero-order valence-corrected chi connectivity index (χ0v) is 19.2. The van der Waals surface area contributed by atoms with Gasteiger partial charge in [-0.1, -0.05) is 25.1 Å². The number of pyridine rings is 1. The van der Waals surface area contributed by atoms with Crippen LogP contribution in [0.1, 0.15) is 25.2 Å². The topological polar surface area (TPSA) is 99.0 Å². The van der Waals surface area contributed by atoms with Crippen molar-refractivity contribution in [2.24, 2.45) is 5.73 Å². The average molecular weight is 471 g/mol. The fourth-order valence-corrected chi connectivity index (χ4v) is 6.11. The Labute approximate surface area is 191 Å². The molecule has 0 radical (unpaired) electrons. The van der Waals surface area contributed by atoms with Crippen molar-refractivity contribution < 1.29 is 12.8 Å². The molecule has 5 rings (SSSR count). The summed E-state index contributed by atoms with van der Waals surface area (Å²) in [6.45, 7) is 4.38. The van der Waals surface area contributed by atoms with Crippen LogP contribution in [0, 0.1) is 0 Å². The molecule has 0 spiro atoms. The molecule has 3 aromatic heterocycles. The van der Waals surface area contributed by atoms with Gasteiger partial charge in [-0.05, 0) is 37.7 Å². The number of piperidine rings is 1. The van der Waals surface area contributed by atoms with Crippen molar-refractivity contribution in [2.75, 3.05) is 26.2 Å². The summed E-state index contributed by atoms with van der Waals surface area (Å²) >= 11 is 0. The molecular formula is C23H27FN6O2S. The summed E-state index contributed by atoms with van der Waals surface area (Å²) in [5.74, 6) is 0.707. The Morgan fingerprint density at radius 2 is 2.00 bits per heavy atom. The smallest absolute Gasteiger partial charge is 0.269 e.